The number of aliphatic hydroxyl groups is 1. The molecule has 1 heterocycles. The molecule has 1 N–H and O–H groups in total. The summed E-state index contributed by atoms with van der Waals surface area (Å²) in [4.78, 5) is 1.96. The third kappa shape index (κ3) is 2.99. The lowest BCUT2D eigenvalue weighted by atomic mass is 10.0. The number of aliphatic hydroxyl groups excluding tert-OH is 1. The zero-order valence-electron chi connectivity index (χ0n) is 12.7. The first-order valence-electron chi connectivity index (χ1n) is 7.40. The first kappa shape index (κ1) is 15.3. The van der Waals surface area contributed by atoms with Crippen LogP contribution in [0.1, 0.15) is 23.6 Å². The molecule has 1 aliphatic heterocycles. The maximum Gasteiger partial charge on any atom is 0.124 e. The smallest absolute Gasteiger partial charge is 0.124 e. The summed E-state index contributed by atoms with van der Waals surface area (Å²) in [6.07, 6.45) is 0.0536. The molecule has 3 rings (SSSR count). The molecule has 1 fully saturated rings. The fraction of sp³-hybridized carbons (Fsp3) is 0.278. The highest BCUT2D eigenvalue weighted by Gasteiger charge is 2.33. The summed E-state index contributed by atoms with van der Waals surface area (Å²) in [5, 5.41) is 19.4. The molecule has 2 aromatic rings. The minimum absolute atomic E-state index is 0.0855. The second-order valence-electron chi connectivity index (χ2n) is 5.61. The molecule has 1 saturated heterocycles. The molecule has 0 spiro atoms. The first-order valence-corrected chi connectivity index (χ1v) is 7.40. The van der Waals surface area contributed by atoms with Crippen molar-refractivity contribution in [3.05, 3.63) is 59.4 Å². The SMILES string of the molecule is COc1cccc(C2CC(O)CN2c2ccc(F)cc2C#N)c1. The van der Waals surface area contributed by atoms with Gasteiger partial charge in [0.05, 0.1) is 30.5 Å². The monoisotopic (exact) mass is 312 g/mol. The second kappa shape index (κ2) is 6.27. The van der Waals surface area contributed by atoms with Gasteiger partial charge in [0.15, 0.2) is 0 Å². The molecule has 0 bridgehead atoms. The number of methoxy groups -OCH3 is 1. The molecule has 23 heavy (non-hydrogen) atoms. The molecule has 1 aliphatic rings. The summed E-state index contributed by atoms with van der Waals surface area (Å²) in [6.45, 7) is 0.405. The molecule has 0 radical (unpaired) electrons. The number of anilines is 1. The van der Waals surface area contributed by atoms with Gasteiger partial charge in [-0.25, -0.2) is 4.39 Å². The van der Waals surface area contributed by atoms with Crippen molar-refractivity contribution in [2.24, 2.45) is 0 Å². The summed E-state index contributed by atoms with van der Waals surface area (Å²) < 4.78 is 18.6. The Balaban J connectivity index is 2.02. The number of nitriles is 1. The number of rotatable bonds is 3. The van der Waals surface area contributed by atoms with Crippen LogP contribution in [0.3, 0.4) is 0 Å². The lowest BCUT2D eigenvalue weighted by molar-refractivity contribution is 0.194. The van der Waals surface area contributed by atoms with Crippen LogP contribution in [0.15, 0.2) is 42.5 Å². The Hall–Kier alpha value is -2.58. The Morgan fingerprint density at radius 1 is 1.30 bits per heavy atom. The van der Waals surface area contributed by atoms with E-state index in [0.29, 0.717) is 18.7 Å². The normalized spacial score (nSPS) is 20.3. The lowest BCUT2D eigenvalue weighted by Gasteiger charge is -2.28. The standard InChI is InChI=1S/C18H17FN2O2/c1-23-16-4-2-3-12(8-16)18-9-15(22)11-21(18)17-6-5-14(19)7-13(17)10-20/h2-8,15,18,22H,9,11H2,1H3. The van der Waals surface area contributed by atoms with E-state index in [9.17, 15) is 14.8 Å². The Labute approximate surface area is 134 Å². The van der Waals surface area contributed by atoms with Gasteiger partial charge < -0.3 is 14.7 Å². The van der Waals surface area contributed by atoms with Gasteiger partial charge in [0.2, 0.25) is 0 Å². The van der Waals surface area contributed by atoms with Gasteiger partial charge in [-0.3, -0.25) is 0 Å². The van der Waals surface area contributed by atoms with Crippen LogP contribution < -0.4 is 9.64 Å². The van der Waals surface area contributed by atoms with Crippen LogP contribution in [0.2, 0.25) is 0 Å². The third-order valence-corrected chi connectivity index (χ3v) is 4.15. The van der Waals surface area contributed by atoms with E-state index in [1.54, 1.807) is 13.2 Å². The molecule has 0 saturated carbocycles. The van der Waals surface area contributed by atoms with Crippen molar-refractivity contribution < 1.29 is 14.2 Å². The number of nitrogens with zero attached hydrogens (tertiary/aromatic N) is 2. The van der Waals surface area contributed by atoms with E-state index in [1.807, 2.05) is 35.2 Å². The molecule has 0 aliphatic carbocycles. The highest BCUT2D eigenvalue weighted by Crippen LogP contribution is 2.38. The molecule has 0 aromatic heterocycles. The maximum atomic E-state index is 13.4. The Morgan fingerprint density at radius 2 is 2.13 bits per heavy atom. The highest BCUT2D eigenvalue weighted by atomic mass is 19.1. The largest absolute Gasteiger partial charge is 0.497 e. The Kier molecular flexibility index (Phi) is 4.18. The van der Waals surface area contributed by atoms with Gasteiger partial charge in [-0.2, -0.15) is 5.26 Å². The molecule has 2 atom stereocenters. The van der Waals surface area contributed by atoms with E-state index >= 15 is 0 Å². The van der Waals surface area contributed by atoms with Crippen molar-refractivity contribution in [1.82, 2.24) is 0 Å². The van der Waals surface area contributed by atoms with Crippen LogP contribution in [0.5, 0.6) is 5.75 Å². The molecule has 0 amide bonds. The zero-order chi connectivity index (χ0) is 16.4. The van der Waals surface area contributed by atoms with Crippen LogP contribution >= 0.6 is 0 Å². The summed E-state index contributed by atoms with van der Waals surface area (Å²) >= 11 is 0. The van der Waals surface area contributed by atoms with Crippen LogP contribution in [0, 0.1) is 17.1 Å². The topological polar surface area (TPSA) is 56.5 Å². The van der Waals surface area contributed by atoms with Gasteiger partial charge in [-0.1, -0.05) is 12.1 Å². The van der Waals surface area contributed by atoms with E-state index < -0.39 is 11.9 Å². The van der Waals surface area contributed by atoms with Crippen LogP contribution in [-0.2, 0) is 0 Å². The molecular weight excluding hydrogens is 295 g/mol. The fourth-order valence-electron chi connectivity index (χ4n) is 3.09. The average Bonchev–Trinajstić information content (AvgIpc) is 2.96. The molecule has 4 nitrogen and oxygen atoms in total. The number of halogens is 1. The van der Waals surface area contributed by atoms with Gasteiger partial charge in [0.1, 0.15) is 17.6 Å². The van der Waals surface area contributed by atoms with Gasteiger partial charge >= 0.3 is 0 Å². The Morgan fingerprint density at radius 3 is 2.87 bits per heavy atom. The molecule has 2 unspecified atom stereocenters. The van der Waals surface area contributed by atoms with Crippen LogP contribution in [0.25, 0.3) is 0 Å². The van der Waals surface area contributed by atoms with Gasteiger partial charge in [-0.05, 0) is 42.3 Å². The minimum Gasteiger partial charge on any atom is -0.497 e. The lowest BCUT2D eigenvalue weighted by Crippen LogP contribution is -2.25. The van der Waals surface area contributed by atoms with Crippen LogP contribution in [-0.4, -0.2) is 24.9 Å². The van der Waals surface area contributed by atoms with Crippen molar-refractivity contribution in [2.45, 2.75) is 18.6 Å². The van der Waals surface area contributed by atoms with E-state index in [-0.39, 0.29) is 11.6 Å². The van der Waals surface area contributed by atoms with Gasteiger partial charge in [-0.15, -0.1) is 0 Å². The Bertz CT molecular complexity index is 757. The molecule has 118 valence electrons. The number of ether oxygens (including phenoxy) is 1. The molecule has 2 aromatic carbocycles. The van der Waals surface area contributed by atoms with Crippen molar-refractivity contribution in [3.63, 3.8) is 0 Å². The van der Waals surface area contributed by atoms with Crippen molar-refractivity contribution in [1.29, 1.82) is 5.26 Å². The summed E-state index contributed by atoms with van der Waals surface area (Å²) in [5.41, 5.74) is 1.90. The molecular formula is C18H17FN2O2. The number of hydrogen-bond donors (Lipinski definition) is 1. The predicted molar refractivity (Wildman–Crippen MR) is 84.8 cm³/mol. The first-order chi connectivity index (χ1) is 11.1. The van der Waals surface area contributed by atoms with Crippen molar-refractivity contribution in [2.75, 3.05) is 18.6 Å². The fourth-order valence-corrected chi connectivity index (χ4v) is 3.09. The van der Waals surface area contributed by atoms with E-state index in [4.69, 9.17) is 4.74 Å². The summed E-state index contributed by atoms with van der Waals surface area (Å²) in [7, 11) is 1.61. The molecule has 5 heteroatoms. The van der Waals surface area contributed by atoms with Crippen LogP contribution in [0.4, 0.5) is 10.1 Å². The van der Waals surface area contributed by atoms with Gasteiger partial charge in [0, 0.05) is 6.54 Å². The summed E-state index contributed by atoms with van der Waals surface area (Å²) in [6, 6.07) is 13.7. The quantitative estimate of drug-likeness (QED) is 0.946. The third-order valence-electron chi connectivity index (χ3n) is 4.15. The predicted octanol–water partition coefficient (Wildman–Crippen LogP) is 3.02. The number of β-amino-alcohol motifs (C(OH)–C–C–N with tert-alkyl or cyclic N) is 1. The van der Waals surface area contributed by atoms with Crippen molar-refractivity contribution >= 4 is 5.69 Å². The van der Waals surface area contributed by atoms with Crippen molar-refractivity contribution in [3.8, 4) is 11.8 Å². The second-order valence-corrected chi connectivity index (χ2v) is 5.61. The minimum atomic E-state index is -0.497. The summed E-state index contributed by atoms with van der Waals surface area (Å²) in [5.74, 6) is 0.298. The average molecular weight is 312 g/mol. The van der Waals surface area contributed by atoms with Gasteiger partial charge in [0.25, 0.3) is 0 Å². The van der Waals surface area contributed by atoms with E-state index in [2.05, 4.69) is 0 Å². The van der Waals surface area contributed by atoms with E-state index in [0.717, 1.165) is 11.3 Å². The number of benzene rings is 2. The van der Waals surface area contributed by atoms with E-state index in [1.165, 1.54) is 12.1 Å². The highest BCUT2D eigenvalue weighted by molar-refractivity contribution is 5.61. The maximum absolute atomic E-state index is 13.4. The number of hydrogen-bond acceptors (Lipinski definition) is 4. The zero-order valence-corrected chi connectivity index (χ0v) is 12.7.